The number of hydrogen-bond donors (Lipinski definition) is 1. The number of benzene rings is 9. The largest absolute Gasteiger partial charge is 0.344 e. The van der Waals surface area contributed by atoms with Crippen molar-refractivity contribution in [3.05, 3.63) is 235 Å². The summed E-state index contributed by atoms with van der Waals surface area (Å²) < 4.78 is 0. The molecule has 9 aromatic carbocycles. The molecule has 1 unspecified atom stereocenters. The molecule has 1 N–H and O–H groups in total. The van der Waals surface area contributed by atoms with Crippen LogP contribution in [0.2, 0.25) is 0 Å². The Morgan fingerprint density at radius 3 is 1.46 bits per heavy atom. The van der Waals surface area contributed by atoms with Crippen molar-refractivity contribution in [1.29, 1.82) is 0 Å². The first-order valence-corrected chi connectivity index (χ1v) is 20.1. The van der Waals surface area contributed by atoms with E-state index in [1.54, 1.807) is 0 Å². The highest BCUT2D eigenvalue weighted by molar-refractivity contribution is 6.22. The Hall–Kier alpha value is -7.82. The van der Waals surface area contributed by atoms with E-state index >= 15 is 0 Å². The second-order valence-corrected chi connectivity index (χ2v) is 15.0. The third-order valence-corrected chi connectivity index (χ3v) is 11.5. The van der Waals surface area contributed by atoms with Gasteiger partial charge in [0.1, 0.15) is 12.0 Å². The molecule has 9 aromatic rings. The van der Waals surface area contributed by atoms with E-state index < -0.39 is 0 Å². The number of nitrogens with zero attached hydrogens (tertiary/aromatic N) is 3. The average molecular weight is 755 g/mol. The van der Waals surface area contributed by atoms with Gasteiger partial charge in [0.05, 0.1) is 11.4 Å². The van der Waals surface area contributed by atoms with Crippen LogP contribution < -0.4 is 10.2 Å². The van der Waals surface area contributed by atoms with Crippen molar-refractivity contribution in [1.82, 2.24) is 5.32 Å². The molecule has 0 spiro atoms. The van der Waals surface area contributed by atoms with Crippen molar-refractivity contribution < 1.29 is 0 Å². The molecule has 2 aliphatic rings. The molecular formula is C55H38N4. The van der Waals surface area contributed by atoms with Gasteiger partial charge in [-0.05, 0) is 74.0 Å². The molecule has 4 nitrogen and oxygen atoms in total. The van der Waals surface area contributed by atoms with Crippen LogP contribution in [0.4, 0.5) is 17.1 Å². The average Bonchev–Trinajstić information content (AvgIpc) is 3.32. The summed E-state index contributed by atoms with van der Waals surface area (Å²) in [5, 5.41) is 6.10. The number of anilines is 3. The molecule has 2 aliphatic heterocycles. The van der Waals surface area contributed by atoms with Gasteiger partial charge in [-0.15, -0.1) is 0 Å². The van der Waals surface area contributed by atoms with Crippen LogP contribution in [0.15, 0.2) is 228 Å². The number of rotatable bonds is 6. The van der Waals surface area contributed by atoms with Gasteiger partial charge >= 0.3 is 0 Å². The Labute approximate surface area is 344 Å². The van der Waals surface area contributed by atoms with Crippen molar-refractivity contribution in [2.24, 2.45) is 9.98 Å². The minimum atomic E-state index is -0.331. The maximum absolute atomic E-state index is 5.28. The minimum absolute atomic E-state index is 0.331. The monoisotopic (exact) mass is 754 g/mol. The summed E-state index contributed by atoms with van der Waals surface area (Å²) in [6.45, 7) is 0. The smallest absolute Gasteiger partial charge is 0.159 e. The zero-order valence-corrected chi connectivity index (χ0v) is 32.2. The summed E-state index contributed by atoms with van der Waals surface area (Å²) in [6.07, 6.45) is -0.331. The molecule has 0 amide bonds. The topological polar surface area (TPSA) is 40.0 Å². The molecule has 0 radical (unpaired) electrons. The van der Waals surface area contributed by atoms with Gasteiger partial charge in [0, 0.05) is 27.9 Å². The van der Waals surface area contributed by atoms with Crippen LogP contribution in [0.3, 0.4) is 0 Å². The van der Waals surface area contributed by atoms with Crippen LogP contribution >= 0.6 is 0 Å². The molecule has 59 heavy (non-hydrogen) atoms. The van der Waals surface area contributed by atoms with E-state index in [2.05, 4.69) is 204 Å². The molecule has 2 heterocycles. The molecule has 1 atom stereocenters. The Kier molecular flexibility index (Phi) is 8.52. The van der Waals surface area contributed by atoms with Crippen LogP contribution in [0.1, 0.15) is 22.9 Å². The Morgan fingerprint density at radius 1 is 0.373 bits per heavy atom. The first-order chi connectivity index (χ1) is 29.3. The lowest BCUT2D eigenvalue weighted by atomic mass is 9.86. The fraction of sp³-hybridized carbons (Fsp3) is 0.0182. The standard InChI is InChI=1S/C55H38N4/c1-4-15-37(16-5-1)39-27-29-42(30-28-39)54-56-53(41-19-8-3-9-20-41)57-55(58-54)49-36-35-48-45-22-11-13-26-51(45)59(43-33-31-40(32-34-43)38-17-6-2-7-18-38)50-25-12-10-21-44(50)46-23-14-24-47(49)52(46)48/h1-36,54H,(H,56,57,58). The number of aliphatic imine (C=N–C) groups is 2. The van der Waals surface area contributed by atoms with Gasteiger partial charge in [-0.25, -0.2) is 9.98 Å². The molecule has 0 saturated carbocycles. The predicted molar refractivity (Wildman–Crippen MR) is 246 cm³/mol. The van der Waals surface area contributed by atoms with Gasteiger partial charge in [-0.1, -0.05) is 194 Å². The number of nitrogens with one attached hydrogen (secondary N) is 1. The lowest BCUT2D eigenvalue weighted by Gasteiger charge is -2.33. The highest BCUT2D eigenvalue weighted by Gasteiger charge is 2.28. The van der Waals surface area contributed by atoms with Crippen LogP contribution in [-0.4, -0.2) is 11.7 Å². The van der Waals surface area contributed by atoms with Crippen molar-refractivity contribution in [2.75, 3.05) is 4.90 Å². The fourth-order valence-electron chi connectivity index (χ4n) is 8.66. The van der Waals surface area contributed by atoms with Gasteiger partial charge in [-0.3, -0.25) is 0 Å². The van der Waals surface area contributed by atoms with E-state index in [4.69, 9.17) is 9.98 Å². The number of amidine groups is 2. The lowest BCUT2D eigenvalue weighted by molar-refractivity contribution is 0.674. The number of para-hydroxylation sites is 2. The summed E-state index contributed by atoms with van der Waals surface area (Å²) >= 11 is 0. The highest BCUT2D eigenvalue weighted by Crippen LogP contribution is 2.51. The molecule has 0 aliphatic carbocycles. The van der Waals surface area contributed by atoms with E-state index in [1.165, 1.54) is 49.9 Å². The second kappa shape index (κ2) is 14.6. The SMILES string of the molecule is c1ccc(C2=NC(c3ccc(-c4ccccc4)cc3)NC(c3ccc4c5c(cccc35)-c3ccccc3N(c3ccc(-c5ccccc5)cc3)c3ccccc3-4)=N2)cc1. The van der Waals surface area contributed by atoms with Gasteiger partial charge < -0.3 is 10.2 Å². The van der Waals surface area contributed by atoms with Crippen molar-refractivity contribution >= 4 is 39.5 Å². The fourth-order valence-corrected chi connectivity index (χ4v) is 8.66. The van der Waals surface area contributed by atoms with Gasteiger partial charge in [0.15, 0.2) is 5.84 Å². The number of hydrogen-bond acceptors (Lipinski definition) is 4. The van der Waals surface area contributed by atoms with Gasteiger partial charge in [0.2, 0.25) is 0 Å². The quantitative estimate of drug-likeness (QED) is 0.184. The van der Waals surface area contributed by atoms with Crippen molar-refractivity contribution in [3.63, 3.8) is 0 Å². The van der Waals surface area contributed by atoms with Crippen LogP contribution in [0.25, 0.3) is 55.3 Å². The molecule has 0 bridgehead atoms. The molecule has 278 valence electrons. The minimum Gasteiger partial charge on any atom is -0.344 e. The normalized spacial score (nSPS) is 14.2. The summed E-state index contributed by atoms with van der Waals surface area (Å²) in [7, 11) is 0. The van der Waals surface area contributed by atoms with E-state index in [1.807, 2.05) is 24.3 Å². The highest BCUT2D eigenvalue weighted by atomic mass is 15.2. The molecule has 0 fully saturated rings. The maximum Gasteiger partial charge on any atom is 0.159 e. The maximum atomic E-state index is 5.28. The van der Waals surface area contributed by atoms with Gasteiger partial charge in [0.25, 0.3) is 0 Å². The van der Waals surface area contributed by atoms with Crippen LogP contribution in [-0.2, 0) is 0 Å². The summed E-state index contributed by atoms with van der Waals surface area (Å²) in [5.74, 6) is 1.50. The zero-order chi connectivity index (χ0) is 39.1. The molecule has 0 saturated heterocycles. The van der Waals surface area contributed by atoms with Crippen LogP contribution in [0.5, 0.6) is 0 Å². The summed E-state index contributed by atoms with van der Waals surface area (Å²) in [4.78, 5) is 12.9. The third-order valence-electron chi connectivity index (χ3n) is 11.5. The van der Waals surface area contributed by atoms with Crippen molar-refractivity contribution in [3.8, 4) is 44.5 Å². The predicted octanol–water partition coefficient (Wildman–Crippen LogP) is 13.8. The molecular weight excluding hydrogens is 717 g/mol. The molecule has 0 aromatic heterocycles. The lowest BCUT2D eigenvalue weighted by Crippen LogP contribution is -2.33. The van der Waals surface area contributed by atoms with E-state index in [0.29, 0.717) is 5.84 Å². The first-order valence-electron chi connectivity index (χ1n) is 20.1. The number of fused-ring (bicyclic) bond motifs is 4. The Morgan fingerprint density at radius 2 is 0.847 bits per heavy atom. The Bertz CT molecular complexity index is 2990. The second-order valence-electron chi connectivity index (χ2n) is 15.0. The van der Waals surface area contributed by atoms with Gasteiger partial charge in [-0.2, -0.15) is 0 Å². The summed E-state index contributed by atoms with van der Waals surface area (Å²) in [6, 6.07) is 77.8. The third kappa shape index (κ3) is 6.19. The summed E-state index contributed by atoms with van der Waals surface area (Å²) in [5.41, 5.74) is 15.9. The van der Waals surface area contributed by atoms with E-state index in [9.17, 15) is 0 Å². The zero-order valence-electron chi connectivity index (χ0n) is 32.2. The van der Waals surface area contributed by atoms with E-state index in [0.717, 1.165) is 45.0 Å². The Balaban J connectivity index is 1.06. The van der Waals surface area contributed by atoms with Crippen LogP contribution in [0, 0.1) is 0 Å². The molecule has 11 rings (SSSR count). The molecule has 4 heteroatoms. The van der Waals surface area contributed by atoms with E-state index in [-0.39, 0.29) is 6.17 Å². The first kappa shape index (κ1) is 34.4. The van der Waals surface area contributed by atoms with Crippen molar-refractivity contribution in [2.45, 2.75) is 6.17 Å².